The van der Waals surface area contributed by atoms with E-state index in [2.05, 4.69) is 57.0 Å². The number of carbonyl (C=O) groups excluding carboxylic acids is 1. The first-order valence-corrected chi connectivity index (χ1v) is 13.8. The Morgan fingerprint density at radius 3 is 2.78 bits per heavy atom. The van der Waals surface area contributed by atoms with Crippen molar-refractivity contribution in [2.45, 2.75) is 59.0 Å². The second-order valence-electron chi connectivity index (χ2n) is 11.2. The highest BCUT2D eigenvalue weighted by Crippen LogP contribution is 2.61. The third-order valence-electron chi connectivity index (χ3n) is 8.84. The lowest BCUT2D eigenvalue weighted by atomic mass is 9.45. The molecule has 4 atom stereocenters. The fourth-order valence-electron chi connectivity index (χ4n) is 6.33. The molecule has 1 saturated heterocycles. The maximum Gasteiger partial charge on any atom is 0.283 e. The zero-order valence-electron chi connectivity index (χ0n) is 21.4. The number of carbonyl (C=O) groups is 1. The van der Waals surface area contributed by atoms with E-state index in [-0.39, 0.29) is 17.9 Å². The van der Waals surface area contributed by atoms with Crippen molar-refractivity contribution in [2.24, 2.45) is 23.2 Å². The molecule has 4 aliphatic rings. The summed E-state index contributed by atoms with van der Waals surface area (Å²) in [5.74, 6) is 2.87. The van der Waals surface area contributed by atoms with Crippen molar-refractivity contribution in [3.8, 4) is 0 Å². The maximum absolute atomic E-state index is 13.0. The Hall–Kier alpha value is -2.26. The summed E-state index contributed by atoms with van der Waals surface area (Å²) in [6.07, 6.45) is 6.83. The quantitative estimate of drug-likeness (QED) is 0.526. The van der Waals surface area contributed by atoms with Crippen LogP contribution in [0.4, 0.5) is 11.5 Å². The highest BCUT2D eigenvalue weighted by molar-refractivity contribution is 9.10. The van der Waals surface area contributed by atoms with Gasteiger partial charge in [0.1, 0.15) is 16.8 Å². The molecule has 8 nitrogen and oxygen atoms in total. The van der Waals surface area contributed by atoms with E-state index in [9.17, 15) is 9.59 Å². The van der Waals surface area contributed by atoms with Gasteiger partial charge in [-0.05, 0) is 76.1 Å². The molecule has 3 heterocycles. The molecule has 3 aliphatic carbocycles. The second kappa shape index (κ2) is 10.2. The van der Waals surface area contributed by atoms with E-state index in [0.717, 1.165) is 36.8 Å². The van der Waals surface area contributed by atoms with Gasteiger partial charge in [-0.15, -0.1) is 0 Å². The molecule has 0 amide bonds. The van der Waals surface area contributed by atoms with E-state index in [4.69, 9.17) is 4.74 Å². The van der Waals surface area contributed by atoms with Crippen molar-refractivity contribution in [1.82, 2.24) is 14.8 Å². The van der Waals surface area contributed by atoms with Gasteiger partial charge in [0.15, 0.2) is 5.78 Å². The van der Waals surface area contributed by atoms with Crippen molar-refractivity contribution in [3.05, 3.63) is 44.9 Å². The highest BCUT2D eigenvalue weighted by atomic mass is 79.9. The highest BCUT2D eigenvalue weighted by Gasteiger charge is 2.56. The van der Waals surface area contributed by atoms with Gasteiger partial charge in [0, 0.05) is 31.7 Å². The van der Waals surface area contributed by atoms with Crippen LogP contribution in [-0.2, 0) is 22.5 Å². The minimum Gasteiger partial charge on any atom is -0.380 e. The Labute approximate surface area is 220 Å². The predicted molar refractivity (Wildman–Crippen MR) is 143 cm³/mol. The average molecular weight is 559 g/mol. The number of nitrogens with one attached hydrogen (secondary N) is 1. The molecule has 194 valence electrons. The largest absolute Gasteiger partial charge is 0.380 e. The Kier molecular flexibility index (Phi) is 7.23. The van der Waals surface area contributed by atoms with Gasteiger partial charge < -0.3 is 15.0 Å². The van der Waals surface area contributed by atoms with E-state index in [1.54, 1.807) is 12.4 Å². The van der Waals surface area contributed by atoms with Gasteiger partial charge in [-0.1, -0.05) is 20.8 Å². The summed E-state index contributed by atoms with van der Waals surface area (Å²) < 4.78 is 7.12. The zero-order valence-corrected chi connectivity index (χ0v) is 23.0. The third kappa shape index (κ3) is 4.96. The first-order chi connectivity index (χ1) is 17.2. The molecule has 0 spiro atoms. The first kappa shape index (κ1) is 25.4. The number of pyridine rings is 1. The van der Waals surface area contributed by atoms with Crippen LogP contribution in [0, 0.1) is 23.2 Å². The fraction of sp³-hybridized carbons (Fsp3) is 0.630. The lowest BCUT2D eigenvalue weighted by molar-refractivity contribution is -0.119. The minimum atomic E-state index is -0.277. The van der Waals surface area contributed by atoms with Gasteiger partial charge in [-0.3, -0.25) is 9.59 Å². The minimum absolute atomic E-state index is 0.0230. The zero-order chi connectivity index (χ0) is 25.4. The van der Waals surface area contributed by atoms with Gasteiger partial charge in [0.2, 0.25) is 0 Å². The number of rotatable bonds is 8. The van der Waals surface area contributed by atoms with Crippen molar-refractivity contribution in [2.75, 3.05) is 36.5 Å². The van der Waals surface area contributed by atoms with Crippen molar-refractivity contribution < 1.29 is 9.53 Å². The van der Waals surface area contributed by atoms with Crippen LogP contribution < -0.4 is 15.8 Å². The number of ketones is 1. The molecule has 0 aromatic carbocycles. The number of hydrogen-bond acceptors (Lipinski definition) is 7. The molecule has 4 fully saturated rings. The normalized spacial score (nSPS) is 26.8. The van der Waals surface area contributed by atoms with Crippen LogP contribution in [0.5, 0.6) is 0 Å². The maximum atomic E-state index is 13.0. The summed E-state index contributed by atoms with van der Waals surface area (Å²) in [7, 11) is 0. The number of nitrogens with zero attached hydrogens (tertiary/aromatic N) is 4. The third-order valence-corrected chi connectivity index (χ3v) is 9.61. The molecule has 36 heavy (non-hydrogen) atoms. The van der Waals surface area contributed by atoms with Crippen LogP contribution in [0.15, 0.2) is 33.8 Å². The van der Waals surface area contributed by atoms with Crippen molar-refractivity contribution in [1.29, 1.82) is 0 Å². The van der Waals surface area contributed by atoms with Crippen LogP contribution in [0.25, 0.3) is 0 Å². The van der Waals surface area contributed by atoms with Crippen LogP contribution in [-0.4, -0.2) is 52.9 Å². The second-order valence-corrected chi connectivity index (χ2v) is 12.0. The standard InChI is InChI=1S/C27H36BrN5O3/c1-17-21-13-19(27(21,2)3)14-22(17)31-23-15-30-33(26(35)25(23)28)16-20(34)5-4-18-6-7-29-24(12-18)32-8-10-36-11-9-32/h6-7,12,15,17,19,21-22,31H,4-5,8-11,13-14,16H2,1-3H3/t17-,19-,21+,22-/m1/s1. The van der Waals surface area contributed by atoms with Gasteiger partial charge in [-0.25, -0.2) is 9.67 Å². The molecule has 9 heteroatoms. The molecular formula is C27H36BrN5O3. The Morgan fingerprint density at radius 2 is 2.06 bits per heavy atom. The number of anilines is 2. The fourth-order valence-corrected chi connectivity index (χ4v) is 6.75. The summed E-state index contributed by atoms with van der Waals surface area (Å²) in [5, 5.41) is 7.89. The molecule has 0 unspecified atom stereocenters. The van der Waals surface area contributed by atoms with Gasteiger partial charge in [-0.2, -0.15) is 5.10 Å². The number of aryl methyl sites for hydroxylation is 1. The van der Waals surface area contributed by atoms with E-state index in [0.29, 0.717) is 59.5 Å². The summed E-state index contributed by atoms with van der Waals surface area (Å²) in [5.41, 5.74) is 1.91. The number of halogens is 1. The van der Waals surface area contributed by atoms with Crippen molar-refractivity contribution >= 4 is 33.2 Å². The molecule has 1 aliphatic heterocycles. The number of aromatic nitrogens is 3. The average Bonchev–Trinajstić information content (AvgIpc) is 2.88. The Bertz CT molecular complexity index is 1180. The topological polar surface area (TPSA) is 89.3 Å². The van der Waals surface area contributed by atoms with E-state index >= 15 is 0 Å². The smallest absolute Gasteiger partial charge is 0.283 e. The molecule has 1 N–H and O–H groups in total. The monoisotopic (exact) mass is 557 g/mol. The molecular weight excluding hydrogens is 522 g/mol. The Balaban J connectivity index is 1.17. The number of ether oxygens (including phenoxy) is 1. The molecule has 6 rings (SSSR count). The first-order valence-electron chi connectivity index (χ1n) is 13.1. The lowest BCUT2D eigenvalue weighted by Gasteiger charge is -2.62. The van der Waals surface area contributed by atoms with Crippen LogP contribution in [0.2, 0.25) is 0 Å². The lowest BCUT2D eigenvalue weighted by Crippen LogP contribution is -2.58. The van der Waals surface area contributed by atoms with E-state index in [1.165, 1.54) is 11.1 Å². The summed E-state index contributed by atoms with van der Waals surface area (Å²) >= 11 is 3.47. The van der Waals surface area contributed by atoms with E-state index < -0.39 is 0 Å². The molecule has 2 aromatic heterocycles. The number of hydrogen-bond donors (Lipinski definition) is 1. The van der Waals surface area contributed by atoms with Crippen molar-refractivity contribution in [3.63, 3.8) is 0 Å². The molecule has 2 aromatic rings. The Morgan fingerprint density at radius 1 is 1.28 bits per heavy atom. The summed E-state index contributed by atoms with van der Waals surface area (Å²) in [6, 6.07) is 4.31. The molecule has 2 bridgehead atoms. The van der Waals surface area contributed by atoms with E-state index in [1.807, 2.05) is 12.1 Å². The predicted octanol–water partition coefficient (Wildman–Crippen LogP) is 3.92. The molecule has 0 radical (unpaired) electrons. The number of Topliss-reactive ketones (excluding diaryl/α,β-unsaturated/α-hetero) is 1. The van der Waals surface area contributed by atoms with Gasteiger partial charge >= 0.3 is 0 Å². The summed E-state index contributed by atoms with van der Waals surface area (Å²) in [4.78, 5) is 32.3. The van der Waals surface area contributed by atoms with Crippen LogP contribution >= 0.6 is 15.9 Å². The molecule has 3 saturated carbocycles. The SMILES string of the molecule is C[C@H]1[C@H](Nc2cnn(CC(=O)CCc3ccnc(N4CCOCC4)c3)c(=O)c2Br)C[C@H]2C[C@@H]1C2(C)C. The van der Waals surface area contributed by atoms with Crippen LogP contribution in [0.1, 0.15) is 45.6 Å². The number of morpholine rings is 1. The number of fused-ring (bicyclic) bond motifs is 2. The summed E-state index contributed by atoms with van der Waals surface area (Å²) in [6.45, 7) is 10.1. The van der Waals surface area contributed by atoms with Gasteiger partial charge in [0.25, 0.3) is 5.56 Å². The van der Waals surface area contributed by atoms with Gasteiger partial charge in [0.05, 0.1) is 25.1 Å². The van der Waals surface area contributed by atoms with Crippen LogP contribution in [0.3, 0.4) is 0 Å².